The largest absolute Gasteiger partial charge is 0.366 e. The zero-order chi connectivity index (χ0) is 13.1. The molecule has 0 radical (unpaired) electrons. The van der Waals surface area contributed by atoms with Crippen LogP contribution in [-0.2, 0) is 6.54 Å². The first-order valence-electron chi connectivity index (χ1n) is 7.87. The molecule has 1 aromatic heterocycles. The Bertz CT molecular complexity index is 395. The lowest BCUT2D eigenvalue weighted by Crippen LogP contribution is -2.54. The maximum atomic E-state index is 4.40. The number of aromatic nitrogens is 2. The van der Waals surface area contributed by atoms with Crippen LogP contribution in [0.25, 0.3) is 0 Å². The molecular weight excluding hydrogens is 236 g/mol. The zero-order valence-corrected chi connectivity index (χ0v) is 12.0. The summed E-state index contributed by atoms with van der Waals surface area (Å²) < 4.78 is 2.02. The van der Waals surface area contributed by atoms with Crippen molar-refractivity contribution in [3.63, 3.8) is 0 Å². The molecule has 4 nitrogen and oxygen atoms in total. The second-order valence-corrected chi connectivity index (χ2v) is 5.96. The molecule has 2 aliphatic rings. The molecule has 1 aliphatic carbocycles. The van der Waals surface area contributed by atoms with Crippen LogP contribution >= 0.6 is 0 Å². The molecule has 0 aromatic carbocycles. The highest BCUT2D eigenvalue weighted by atomic mass is 15.3. The van der Waals surface area contributed by atoms with E-state index in [1.54, 1.807) is 0 Å². The Hall–Kier alpha value is -1.03. The van der Waals surface area contributed by atoms with Gasteiger partial charge < -0.3 is 10.2 Å². The first-order valence-corrected chi connectivity index (χ1v) is 7.87. The molecule has 1 unspecified atom stereocenters. The second kappa shape index (κ2) is 5.95. The van der Waals surface area contributed by atoms with E-state index in [2.05, 4.69) is 28.4 Å². The Morgan fingerprint density at radius 1 is 1.32 bits per heavy atom. The number of nitrogens with zero attached hydrogens (tertiary/aromatic N) is 3. The van der Waals surface area contributed by atoms with Gasteiger partial charge in [-0.05, 0) is 25.7 Å². The van der Waals surface area contributed by atoms with Gasteiger partial charge in [0.1, 0.15) is 0 Å². The molecule has 1 aromatic rings. The molecule has 19 heavy (non-hydrogen) atoms. The van der Waals surface area contributed by atoms with E-state index in [0.717, 1.165) is 32.1 Å². The predicted octanol–water partition coefficient (Wildman–Crippen LogP) is 2.26. The van der Waals surface area contributed by atoms with Crippen molar-refractivity contribution < 1.29 is 0 Å². The molecule has 1 atom stereocenters. The molecule has 1 saturated carbocycles. The minimum absolute atomic E-state index is 0.680. The molecule has 4 heteroatoms. The van der Waals surface area contributed by atoms with E-state index in [9.17, 15) is 0 Å². The first kappa shape index (κ1) is 13.0. The van der Waals surface area contributed by atoms with Crippen molar-refractivity contribution >= 4 is 5.69 Å². The molecule has 0 bridgehead atoms. The summed E-state index contributed by atoms with van der Waals surface area (Å²) in [5, 5.41) is 8.14. The van der Waals surface area contributed by atoms with Crippen LogP contribution in [0.5, 0.6) is 0 Å². The number of nitrogens with one attached hydrogen (secondary N) is 1. The molecular formula is C15H26N4. The van der Waals surface area contributed by atoms with Gasteiger partial charge in [-0.3, -0.25) is 4.68 Å². The highest BCUT2D eigenvalue weighted by molar-refractivity contribution is 5.43. The third-order valence-electron chi connectivity index (χ3n) is 4.73. The van der Waals surface area contributed by atoms with Crippen molar-refractivity contribution in [2.24, 2.45) is 5.92 Å². The highest BCUT2D eigenvalue weighted by Crippen LogP contribution is 2.28. The number of hydrogen-bond acceptors (Lipinski definition) is 3. The number of piperazine rings is 1. The fourth-order valence-electron chi connectivity index (χ4n) is 3.55. The van der Waals surface area contributed by atoms with Gasteiger partial charge in [0.2, 0.25) is 0 Å². The molecule has 2 fully saturated rings. The topological polar surface area (TPSA) is 33.1 Å². The lowest BCUT2D eigenvalue weighted by atomic mass is 9.83. The lowest BCUT2D eigenvalue weighted by Gasteiger charge is -2.39. The van der Waals surface area contributed by atoms with E-state index in [1.165, 1.54) is 37.8 Å². The quantitative estimate of drug-likeness (QED) is 0.907. The molecule has 1 saturated heterocycles. The Morgan fingerprint density at radius 3 is 2.89 bits per heavy atom. The van der Waals surface area contributed by atoms with Crippen LogP contribution < -0.4 is 10.2 Å². The van der Waals surface area contributed by atoms with Crippen LogP contribution in [0.4, 0.5) is 5.69 Å². The van der Waals surface area contributed by atoms with Gasteiger partial charge in [-0.1, -0.05) is 19.3 Å². The number of rotatable bonds is 3. The summed E-state index contributed by atoms with van der Waals surface area (Å²) in [5.41, 5.74) is 1.30. The maximum absolute atomic E-state index is 4.40. The van der Waals surface area contributed by atoms with Crippen molar-refractivity contribution in [1.29, 1.82) is 0 Å². The van der Waals surface area contributed by atoms with Gasteiger partial charge in [0.15, 0.2) is 0 Å². The molecule has 3 rings (SSSR count). The first-order chi connectivity index (χ1) is 9.36. The minimum atomic E-state index is 0.680. The summed E-state index contributed by atoms with van der Waals surface area (Å²) in [7, 11) is 0. The number of aryl methyl sites for hydroxylation is 1. The molecule has 0 amide bonds. The normalized spacial score (nSPS) is 25.7. The van der Waals surface area contributed by atoms with Crippen molar-refractivity contribution in [2.75, 3.05) is 24.5 Å². The van der Waals surface area contributed by atoms with Crippen molar-refractivity contribution in [3.8, 4) is 0 Å². The van der Waals surface area contributed by atoms with Crippen LogP contribution in [0.3, 0.4) is 0 Å². The van der Waals surface area contributed by atoms with Crippen LogP contribution in [0.1, 0.15) is 39.0 Å². The summed E-state index contributed by atoms with van der Waals surface area (Å²) in [5.74, 6) is 0.887. The summed E-state index contributed by atoms with van der Waals surface area (Å²) in [6, 6.07) is 0.680. The van der Waals surface area contributed by atoms with E-state index in [1.807, 2.05) is 10.9 Å². The molecule has 0 spiro atoms. The summed E-state index contributed by atoms with van der Waals surface area (Å²) >= 11 is 0. The fraction of sp³-hybridized carbons (Fsp3) is 0.800. The third-order valence-corrected chi connectivity index (χ3v) is 4.73. The van der Waals surface area contributed by atoms with Crippen molar-refractivity contribution in [1.82, 2.24) is 15.1 Å². The Morgan fingerprint density at radius 2 is 2.16 bits per heavy atom. The van der Waals surface area contributed by atoms with Gasteiger partial charge in [-0.15, -0.1) is 0 Å². The Balaban J connectivity index is 1.63. The maximum Gasteiger partial charge on any atom is 0.0753 e. The van der Waals surface area contributed by atoms with Crippen LogP contribution in [0.2, 0.25) is 0 Å². The minimum Gasteiger partial charge on any atom is -0.366 e. The number of hydrogen-bond donors (Lipinski definition) is 1. The predicted molar refractivity (Wildman–Crippen MR) is 78.5 cm³/mol. The monoisotopic (exact) mass is 262 g/mol. The lowest BCUT2D eigenvalue weighted by molar-refractivity contribution is 0.257. The van der Waals surface area contributed by atoms with Crippen molar-refractivity contribution in [3.05, 3.63) is 12.4 Å². The van der Waals surface area contributed by atoms with Gasteiger partial charge in [-0.2, -0.15) is 5.10 Å². The van der Waals surface area contributed by atoms with E-state index in [4.69, 9.17) is 0 Å². The van der Waals surface area contributed by atoms with Gasteiger partial charge in [0, 0.05) is 38.4 Å². The smallest absolute Gasteiger partial charge is 0.0753 e. The van der Waals surface area contributed by atoms with E-state index >= 15 is 0 Å². The molecule has 1 N–H and O–H groups in total. The summed E-state index contributed by atoms with van der Waals surface area (Å²) in [6.07, 6.45) is 11.3. The van der Waals surface area contributed by atoms with Crippen LogP contribution in [-0.4, -0.2) is 35.5 Å². The average Bonchev–Trinajstić information content (AvgIpc) is 2.97. The van der Waals surface area contributed by atoms with Gasteiger partial charge in [0.05, 0.1) is 11.9 Å². The second-order valence-electron chi connectivity index (χ2n) is 5.96. The van der Waals surface area contributed by atoms with E-state index < -0.39 is 0 Å². The highest BCUT2D eigenvalue weighted by Gasteiger charge is 2.28. The zero-order valence-electron chi connectivity index (χ0n) is 12.0. The summed E-state index contributed by atoms with van der Waals surface area (Å²) in [4.78, 5) is 2.51. The van der Waals surface area contributed by atoms with E-state index in [-0.39, 0.29) is 0 Å². The van der Waals surface area contributed by atoms with Gasteiger partial charge in [-0.25, -0.2) is 0 Å². The average molecular weight is 262 g/mol. The molecule has 106 valence electrons. The van der Waals surface area contributed by atoms with E-state index in [0.29, 0.717) is 6.04 Å². The Kier molecular flexibility index (Phi) is 4.06. The van der Waals surface area contributed by atoms with Crippen LogP contribution in [0.15, 0.2) is 12.4 Å². The SMILES string of the molecule is CCn1cc(N2CCNC(C3CCCCC3)C2)cn1. The fourth-order valence-corrected chi connectivity index (χ4v) is 3.55. The van der Waals surface area contributed by atoms with Crippen molar-refractivity contribution in [2.45, 2.75) is 51.6 Å². The molecule has 1 aliphatic heterocycles. The molecule has 2 heterocycles. The summed E-state index contributed by atoms with van der Waals surface area (Å²) in [6.45, 7) is 6.47. The van der Waals surface area contributed by atoms with Gasteiger partial charge >= 0.3 is 0 Å². The van der Waals surface area contributed by atoms with Crippen LogP contribution in [0, 0.1) is 5.92 Å². The third kappa shape index (κ3) is 2.94. The standard InChI is InChI=1S/C15H26N4/c1-2-19-11-14(10-17-19)18-9-8-16-15(12-18)13-6-4-3-5-7-13/h10-11,13,15-16H,2-9,12H2,1H3. The Labute approximate surface area is 116 Å². The van der Waals surface area contributed by atoms with Gasteiger partial charge in [0.25, 0.3) is 0 Å². The number of anilines is 1.